The van der Waals surface area contributed by atoms with Gasteiger partial charge in [-0.1, -0.05) is 36.4 Å². The van der Waals surface area contributed by atoms with E-state index in [4.69, 9.17) is 0 Å². The number of amides is 1. The van der Waals surface area contributed by atoms with Crippen LogP contribution in [0.25, 0.3) is 11.0 Å². The molecule has 0 aliphatic heterocycles. The first kappa shape index (κ1) is 19.1. The van der Waals surface area contributed by atoms with Crippen LogP contribution in [0.2, 0.25) is 0 Å². The highest BCUT2D eigenvalue weighted by Gasteiger charge is 2.12. The highest BCUT2D eigenvalue weighted by Crippen LogP contribution is 2.15. The maximum Gasteiger partial charge on any atom is 0.272 e. The maximum atomic E-state index is 12.7. The summed E-state index contributed by atoms with van der Waals surface area (Å²) in [5.74, 6) is -0.135. The minimum Gasteiger partial charge on any atom is -0.352 e. The van der Waals surface area contributed by atoms with Crippen LogP contribution in [0.5, 0.6) is 0 Å². The second-order valence-electron chi connectivity index (χ2n) is 6.86. The van der Waals surface area contributed by atoms with Crippen LogP contribution in [0, 0.1) is 6.92 Å². The van der Waals surface area contributed by atoms with Gasteiger partial charge in [0.2, 0.25) is 0 Å². The monoisotopic (exact) mass is 403 g/mol. The van der Waals surface area contributed by atoms with Gasteiger partial charge in [-0.15, -0.1) is 11.3 Å². The Morgan fingerprint density at radius 1 is 1.10 bits per heavy atom. The minimum absolute atomic E-state index is 0.116. The summed E-state index contributed by atoms with van der Waals surface area (Å²) in [6, 6.07) is 19.2. The van der Waals surface area contributed by atoms with Crippen molar-refractivity contribution in [3.63, 3.8) is 0 Å². The smallest absolute Gasteiger partial charge is 0.272 e. The number of benzene rings is 2. The van der Waals surface area contributed by atoms with Crippen molar-refractivity contribution in [3.05, 3.63) is 98.1 Å². The largest absolute Gasteiger partial charge is 0.352 e. The lowest BCUT2D eigenvalue weighted by atomic mass is 10.1. The Kier molecular flexibility index (Phi) is 5.53. The van der Waals surface area contributed by atoms with E-state index in [9.17, 15) is 9.59 Å². The zero-order valence-electron chi connectivity index (χ0n) is 16.1. The number of hydrogen-bond donors (Lipinski definition) is 1. The molecule has 2 aromatic heterocycles. The number of aromatic nitrogens is 2. The summed E-state index contributed by atoms with van der Waals surface area (Å²) < 4.78 is 1.71. The van der Waals surface area contributed by atoms with Crippen LogP contribution >= 0.6 is 11.3 Å². The second kappa shape index (κ2) is 8.41. The van der Waals surface area contributed by atoms with E-state index < -0.39 is 0 Å². The van der Waals surface area contributed by atoms with Crippen molar-refractivity contribution in [3.8, 4) is 0 Å². The molecule has 0 aliphatic rings. The fraction of sp³-hybridized carbons (Fsp3) is 0.174. The zero-order chi connectivity index (χ0) is 20.2. The Morgan fingerprint density at radius 2 is 1.93 bits per heavy atom. The lowest BCUT2D eigenvalue weighted by Gasteiger charge is -2.12. The van der Waals surface area contributed by atoms with Crippen molar-refractivity contribution in [2.45, 2.75) is 19.9 Å². The number of fused-ring (bicyclic) bond motifs is 1. The van der Waals surface area contributed by atoms with Gasteiger partial charge in [0, 0.05) is 17.0 Å². The average Bonchev–Trinajstić information content (AvgIpc) is 3.25. The van der Waals surface area contributed by atoms with E-state index in [0.29, 0.717) is 29.9 Å². The van der Waals surface area contributed by atoms with E-state index >= 15 is 0 Å². The molecule has 0 atom stereocenters. The Labute approximate surface area is 172 Å². The molecule has 1 N–H and O–H groups in total. The van der Waals surface area contributed by atoms with Gasteiger partial charge in [-0.3, -0.25) is 9.59 Å². The third kappa shape index (κ3) is 4.27. The molecule has 0 bridgehead atoms. The fourth-order valence-corrected chi connectivity index (χ4v) is 4.00. The summed E-state index contributed by atoms with van der Waals surface area (Å²) in [6.07, 6.45) is 0.810. The van der Waals surface area contributed by atoms with Crippen LogP contribution < -0.4 is 10.9 Å². The van der Waals surface area contributed by atoms with Crippen molar-refractivity contribution < 1.29 is 4.79 Å². The van der Waals surface area contributed by atoms with Gasteiger partial charge in [0.05, 0.1) is 17.6 Å². The molecule has 0 fully saturated rings. The molecule has 4 aromatic rings. The highest BCUT2D eigenvalue weighted by molar-refractivity contribution is 7.09. The van der Waals surface area contributed by atoms with Crippen molar-refractivity contribution in [2.24, 2.45) is 0 Å². The predicted octanol–water partition coefficient (Wildman–Crippen LogP) is 3.79. The molecule has 0 aliphatic carbocycles. The van der Waals surface area contributed by atoms with E-state index in [1.807, 2.05) is 41.8 Å². The van der Waals surface area contributed by atoms with Crippen LogP contribution in [0.1, 0.15) is 26.5 Å². The first-order chi connectivity index (χ1) is 14.1. The number of aryl methyl sites for hydroxylation is 1. The average molecular weight is 404 g/mol. The number of nitrogens with one attached hydrogen (secondary N) is 1. The molecule has 29 heavy (non-hydrogen) atoms. The molecule has 146 valence electrons. The van der Waals surface area contributed by atoms with Gasteiger partial charge in [0.15, 0.2) is 0 Å². The summed E-state index contributed by atoms with van der Waals surface area (Å²) in [4.78, 5) is 30.9. The third-order valence-electron chi connectivity index (χ3n) is 4.79. The van der Waals surface area contributed by atoms with Gasteiger partial charge in [-0.2, -0.15) is 0 Å². The lowest BCUT2D eigenvalue weighted by molar-refractivity contribution is 0.0954. The molecule has 0 radical (unpaired) electrons. The van der Waals surface area contributed by atoms with Gasteiger partial charge < -0.3 is 9.88 Å². The molecule has 0 spiro atoms. The van der Waals surface area contributed by atoms with E-state index in [0.717, 1.165) is 17.5 Å². The number of rotatable bonds is 6. The molecule has 2 aromatic carbocycles. The zero-order valence-corrected chi connectivity index (χ0v) is 16.9. The van der Waals surface area contributed by atoms with Crippen LogP contribution in [0.4, 0.5) is 0 Å². The Hall–Kier alpha value is -3.25. The topological polar surface area (TPSA) is 64.0 Å². The number of nitrogens with zero attached hydrogens (tertiary/aromatic N) is 2. The van der Waals surface area contributed by atoms with Crippen molar-refractivity contribution >= 4 is 28.3 Å². The third-order valence-corrected chi connectivity index (χ3v) is 5.73. The predicted molar refractivity (Wildman–Crippen MR) is 117 cm³/mol. The first-order valence-electron chi connectivity index (χ1n) is 9.47. The maximum absolute atomic E-state index is 12.7. The number of hydrogen-bond acceptors (Lipinski definition) is 4. The van der Waals surface area contributed by atoms with Crippen molar-refractivity contribution in [1.82, 2.24) is 14.9 Å². The lowest BCUT2D eigenvalue weighted by Crippen LogP contribution is -2.27. The van der Waals surface area contributed by atoms with Gasteiger partial charge >= 0.3 is 0 Å². The SMILES string of the molecule is Cc1nc2cc(C(=O)NCCc3cccs3)ccc2n(Cc2ccccc2)c1=O. The van der Waals surface area contributed by atoms with Crippen LogP contribution in [0.15, 0.2) is 70.8 Å². The number of carbonyl (C=O) groups excluding carboxylic acids is 1. The van der Waals surface area contributed by atoms with Gasteiger partial charge in [-0.25, -0.2) is 4.98 Å². The van der Waals surface area contributed by atoms with E-state index in [1.165, 1.54) is 4.88 Å². The molecule has 6 heteroatoms. The normalized spacial score (nSPS) is 10.9. The van der Waals surface area contributed by atoms with Crippen LogP contribution in [-0.2, 0) is 13.0 Å². The van der Waals surface area contributed by atoms with Gasteiger partial charge in [0.1, 0.15) is 5.69 Å². The number of thiophene rings is 1. The molecular weight excluding hydrogens is 382 g/mol. The molecule has 5 nitrogen and oxygen atoms in total. The van der Waals surface area contributed by atoms with Crippen LogP contribution in [0.3, 0.4) is 0 Å². The summed E-state index contributed by atoms with van der Waals surface area (Å²) >= 11 is 1.68. The molecule has 0 saturated carbocycles. The molecule has 2 heterocycles. The van der Waals surface area contributed by atoms with E-state index in [2.05, 4.69) is 16.4 Å². The summed E-state index contributed by atoms with van der Waals surface area (Å²) in [5.41, 5.74) is 3.25. The Morgan fingerprint density at radius 3 is 2.69 bits per heavy atom. The summed E-state index contributed by atoms with van der Waals surface area (Å²) in [5, 5.41) is 4.99. The highest BCUT2D eigenvalue weighted by atomic mass is 32.1. The minimum atomic E-state index is -0.135. The van der Waals surface area contributed by atoms with Crippen molar-refractivity contribution in [2.75, 3.05) is 6.54 Å². The number of carbonyl (C=O) groups is 1. The fourth-order valence-electron chi connectivity index (χ4n) is 3.29. The van der Waals surface area contributed by atoms with E-state index in [1.54, 1.807) is 41.0 Å². The summed E-state index contributed by atoms with van der Waals surface area (Å²) in [7, 11) is 0. The van der Waals surface area contributed by atoms with Gasteiger partial charge in [0.25, 0.3) is 11.5 Å². The van der Waals surface area contributed by atoms with Crippen molar-refractivity contribution in [1.29, 1.82) is 0 Å². The van der Waals surface area contributed by atoms with Gasteiger partial charge in [-0.05, 0) is 48.6 Å². The van der Waals surface area contributed by atoms with E-state index in [-0.39, 0.29) is 11.5 Å². The molecular formula is C23H21N3O2S. The quantitative estimate of drug-likeness (QED) is 0.533. The molecule has 1 amide bonds. The molecule has 0 unspecified atom stereocenters. The molecule has 0 saturated heterocycles. The Bertz CT molecular complexity index is 1200. The standard InChI is InChI=1S/C23H21N3O2S/c1-16-23(28)26(15-17-6-3-2-4-7-17)21-10-9-18(14-20(21)25-16)22(27)24-12-11-19-8-5-13-29-19/h2-10,13-14H,11-12,15H2,1H3,(H,24,27). The second-order valence-corrected chi connectivity index (χ2v) is 7.90. The molecule has 4 rings (SSSR count). The summed E-state index contributed by atoms with van der Waals surface area (Å²) in [6.45, 7) is 2.75. The Balaban J connectivity index is 1.59. The van der Waals surface area contributed by atoms with Crippen LogP contribution in [-0.4, -0.2) is 22.0 Å². The first-order valence-corrected chi connectivity index (χ1v) is 10.4.